The summed E-state index contributed by atoms with van der Waals surface area (Å²) in [4.78, 5) is 51.6. The van der Waals surface area contributed by atoms with Crippen molar-refractivity contribution < 1.29 is 23.9 Å². The third-order valence-corrected chi connectivity index (χ3v) is 4.85. The summed E-state index contributed by atoms with van der Waals surface area (Å²) in [5.41, 5.74) is 1.37. The molecule has 1 aliphatic heterocycles. The van der Waals surface area contributed by atoms with Crippen molar-refractivity contribution in [2.75, 3.05) is 18.0 Å². The number of ether oxygens (including phenoxy) is 1. The lowest BCUT2D eigenvalue weighted by molar-refractivity contribution is -0.126. The Hall–Kier alpha value is -4.19. The maximum absolute atomic E-state index is 12.9. The number of carbonyl (C=O) groups excluding carboxylic acids is 4. The van der Waals surface area contributed by atoms with Crippen molar-refractivity contribution in [2.24, 2.45) is 0 Å². The van der Waals surface area contributed by atoms with Crippen molar-refractivity contribution in [3.05, 3.63) is 65.7 Å². The maximum atomic E-state index is 12.9. The summed E-state index contributed by atoms with van der Waals surface area (Å²) in [7, 11) is 0. The number of para-hydroxylation sites is 1. The van der Waals surface area contributed by atoms with Gasteiger partial charge < -0.3 is 15.0 Å². The van der Waals surface area contributed by atoms with E-state index in [2.05, 4.69) is 5.32 Å². The monoisotopic (exact) mass is 434 g/mol. The predicted molar refractivity (Wildman–Crippen MR) is 114 cm³/mol. The number of amides is 4. The summed E-state index contributed by atoms with van der Waals surface area (Å²) in [5.74, 6) is -1.51. The maximum Gasteiger partial charge on any atom is 0.338 e. The van der Waals surface area contributed by atoms with Crippen molar-refractivity contribution in [3.63, 3.8) is 0 Å². The van der Waals surface area contributed by atoms with Crippen LogP contribution in [0, 0.1) is 11.3 Å². The smallest absolute Gasteiger partial charge is 0.338 e. The molecule has 1 atom stereocenters. The Kier molecular flexibility index (Phi) is 7.18. The SMILES string of the molecule is CC(OC(=O)c1cccc(CN2C(=O)CNC2=O)c1)C(=O)N(CCC#N)c1ccccc1. The summed E-state index contributed by atoms with van der Waals surface area (Å²) in [5, 5.41) is 11.4. The Morgan fingerprint density at radius 3 is 2.59 bits per heavy atom. The number of esters is 1. The van der Waals surface area contributed by atoms with Crippen molar-refractivity contribution in [1.82, 2.24) is 10.2 Å². The molecule has 0 radical (unpaired) electrons. The molecule has 164 valence electrons. The number of urea groups is 1. The quantitative estimate of drug-likeness (QED) is 0.503. The van der Waals surface area contributed by atoms with E-state index in [0.717, 1.165) is 4.90 Å². The number of imide groups is 1. The number of rotatable bonds is 8. The molecular weight excluding hydrogens is 412 g/mol. The van der Waals surface area contributed by atoms with Gasteiger partial charge in [0.25, 0.3) is 5.91 Å². The number of nitrogens with one attached hydrogen (secondary N) is 1. The Labute approximate surface area is 185 Å². The van der Waals surface area contributed by atoms with E-state index in [1.807, 2.05) is 12.1 Å². The van der Waals surface area contributed by atoms with Gasteiger partial charge >= 0.3 is 12.0 Å². The standard InChI is InChI=1S/C23H22N4O5/c1-16(21(29)26(12-6-11-24)19-9-3-2-4-10-19)32-22(30)18-8-5-7-17(13-18)15-27-20(28)14-25-23(27)31/h2-5,7-10,13,16H,6,12,14-15H2,1H3,(H,25,31). The van der Waals surface area contributed by atoms with Gasteiger partial charge in [0.15, 0.2) is 6.10 Å². The van der Waals surface area contributed by atoms with Gasteiger partial charge in [-0.15, -0.1) is 0 Å². The molecule has 1 aliphatic rings. The highest BCUT2D eigenvalue weighted by Crippen LogP contribution is 2.17. The molecule has 1 unspecified atom stereocenters. The van der Waals surface area contributed by atoms with E-state index in [0.29, 0.717) is 11.3 Å². The van der Waals surface area contributed by atoms with Crippen molar-refractivity contribution >= 4 is 29.5 Å². The van der Waals surface area contributed by atoms with Gasteiger partial charge in [-0.2, -0.15) is 5.26 Å². The normalized spacial score (nSPS) is 13.8. The molecule has 1 N–H and O–H groups in total. The molecular formula is C23H22N4O5. The third kappa shape index (κ3) is 5.29. The van der Waals surface area contributed by atoms with Crippen LogP contribution in [0.25, 0.3) is 0 Å². The molecule has 9 nitrogen and oxygen atoms in total. The minimum atomic E-state index is -1.09. The molecule has 0 spiro atoms. The number of nitrogens with zero attached hydrogens (tertiary/aromatic N) is 3. The molecule has 0 bridgehead atoms. The first-order valence-electron chi connectivity index (χ1n) is 10.0. The second-order valence-corrected chi connectivity index (χ2v) is 7.12. The van der Waals surface area contributed by atoms with Crippen LogP contribution in [0.5, 0.6) is 0 Å². The van der Waals surface area contributed by atoms with Crippen LogP contribution in [0.2, 0.25) is 0 Å². The second kappa shape index (κ2) is 10.2. The molecule has 3 rings (SSSR count). The van der Waals surface area contributed by atoms with Crippen LogP contribution >= 0.6 is 0 Å². The molecule has 2 aromatic rings. The Morgan fingerprint density at radius 2 is 1.94 bits per heavy atom. The van der Waals surface area contributed by atoms with E-state index in [1.54, 1.807) is 36.4 Å². The molecule has 1 heterocycles. The zero-order chi connectivity index (χ0) is 23.1. The van der Waals surface area contributed by atoms with Crippen LogP contribution in [0.4, 0.5) is 10.5 Å². The largest absolute Gasteiger partial charge is 0.449 e. The first-order valence-corrected chi connectivity index (χ1v) is 10.0. The van der Waals surface area contributed by atoms with Crippen molar-refractivity contribution in [2.45, 2.75) is 26.0 Å². The molecule has 2 aromatic carbocycles. The predicted octanol–water partition coefficient (Wildman–Crippen LogP) is 2.23. The lowest BCUT2D eigenvalue weighted by Crippen LogP contribution is -2.40. The highest BCUT2D eigenvalue weighted by Gasteiger charge is 2.29. The van der Waals surface area contributed by atoms with E-state index in [9.17, 15) is 19.2 Å². The van der Waals surface area contributed by atoms with Crippen LogP contribution in [-0.4, -0.2) is 47.9 Å². The molecule has 4 amide bonds. The minimum absolute atomic E-state index is 0.0240. The number of carbonyl (C=O) groups is 4. The first-order chi connectivity index (χ1) is 15.4. The van der Waals surface area contributed by atoms with Crippen LogP contribution in [0.15, 0.2) is 54.6 Å². The summed E-state index contributed by atoms with van der Waals surface area (Å²) in [6.45, 7) is 1.61. The number of nitriles is 1. The lowest BCUT2D eigenvalue weighted by atomic mass is 10.1. The summed E-state index contributed by atoms with van der Waals surface area (Å²) in [6, 6.07) is 16.7. The van der Waals surface area contributed by atoms with Gasteiger partial charge in [-0.1, -0.05) is 30.3 Å². The molecule has 0 saturated carbocycles. The lowest BCUT2D eigenvalue weighted by Gasteiger charge is -2.25. The van der Waals surface area contributed by atoms with Gasteiger partial charge in [-0.05, 0) is 36.8 Å². The Morgan fingerprint density at radius 1 is 1.19 bits per heavy atom. The van der Waals surface area contributed by atoms with Gasteiger partial charge in [0.2, 0.25) is 5.91 Å². The van der Waals surface area contributed by atoms with Gasteiger partial charge in [-0.25, -0.2) is 9.59 Å². The van der Waals surface area contributed by atoms with Gasteiger partial charge in [-0.3, -0.25) is 14.5 Å². The molecule has 0 aromatic heterocycles. The van der Waals surface area contributed by atoms with Gasteiger partial charge in [0, 0.05) is 12.2 Å². The fourth-order valence-electron chi connectivity index (χ4n) is 3.23. The fraction of sp³-hybridized carbons (Fsp3) is 0.261. The van der Waals surface area contributed by atoms with Crippen molar-refractivity contribution in [1.29, 1.82) is 5.26 Å². The zero-order valence-electron chi connectivity index (χ0n) is 17.5. The highest BCUT2D eigenvalue weighted by atomic mass is 16.5. The minimum Gasteiger partial charge on any atom is -0.449 e. The van der Waals surface area contributed by atoms with E-state index in [-0.39, 0.29) is 37.5 Å². The number of hydrogen-bond acceptors (Lipinski definition) is 6. The average molecular weight is 434 g/mol. The Bertz CT molecular complexity index is 1050. The van der Waals surface area contributed by atoms with Crippen LogP contribution in [0.3, 0.4) is 0 Å². The van der Waals surface area contributed by atoms with Crippen LogP contribution in [0.1, 0.15) is 29.3 Å². The number of benzene rings is 2. The fourth-order valence-corrected chi connectivity index (χ4v) is 3.23. The van der Waals surface area contributed by atoms with Crippen LogP contribution < -0.4 is 10.2 Å². The first kappa shape index (κ1) is 22.5. The van der Waals surface area contributed by atoms with E-state index in [4.69, 9.17) is 10.00 Å². The van der Waals surface area contributed by atoms with Crippen LogP contribution in [-0.2, 0) is 20.9 Å². The molecule has 0 aliphatic carbocycles. The van der Waals surface area contributed by atoms with E-state index in [1.165, 1.54) is 24.0 Å². The number of anilines is 1. The van der Waals surface area contributed by atoms with Gasteiger partial charge in [0.05, 0.1) is 31.1 Å². The zero-order valence-corrected chi connectivity index (χ0v) is 17.5. The van der Waals surface area contributed by atoms with Gasteiger partial charge in [0.1, 0.15) is 0 Å². The Balaban J connectivity index is 1.69. The third-order valence-electron chi connectivity index (χ3n) is 4.85. The number of hydrogen-bond donors (Lipinski definition) is 1. The topological polar surface area (TPSA) is 120 Å². The molecule has 9 heteroatoms. The summed E-state index contributed by atoms with van der Waals surface area (Å²) >= 11 is 0. The average Bonchev–Trinajstić information content (AvgIpc) is 3.12. The molecule has 1 saturated heterocycles. The molecule has 1 fully saturated rings. The van der Waals surface area contributed by atoms with E-state index < -0.39 is 24.0 Å². The second-order valence-electron chi connectivity index (χ2n) is 7.12. The highest BCUT2D eigenvalue weighted by molar-refractivity contribution is 6.02. The van der Waals surface area contributed by atoms with Crippen molar-refractivity contribution in [3.8, 4) is 6.07 Å². The molecule has 32 heavy (non-hydrogen) atoms. The summed E-state index contributed by atoms with van der Waals surface area (Å²) < 4.78 is 5.37. The van der Waals surface area contributed by atoms with E-state index >= 15 is 0 Å². The summed E-state index contributed by atoms with van der Waals surface area (Å²) in [6.07, 6.45) is -0.956.